The maximum absolute atomic E-state index is 13.0. The highest BCUT2D eigenvalue weighted by atomic mass is 16.3. The normalized spacial score (nSPS) is 24.1. The van der Waals surface area contributed by atoms with E-state index in [0.29, 0.717) is 6.42 Å². The number of ketones is 1. The zero-order valence-corrected chi connectivity index (χ0v) is 16.6. The molecule has 0 radical (unpaired) electrons. The summed E-state index contributed by atoms with van der Waals surface area (Å²) >= 11 is 0. The molecule has 1 fully saturated rings. The first-order valence-electron chi connectivity index (χ1n) is 10.1. The smallest absolute Gasteiger partial charge is 0.168 e. The predicted molar refractivity (Wildman–Crippen MR) is 109 cm³/mol. The molecule has 1 aliphatic carbocycles. The van der Waals surface area contributed by atoms with E-state index in [1.165, 1.54) is 25.9 Å². The van der Waals surface area contributed by atoms with Crippen molar-refractivity contribution in [2.75, 3.05) is 33.7 Å². The molecule has 27 heavy (non-hydrogen) atoms. The van der Waals surface area contributed by atoms with Crippen molar-refractivity contribution in [2.45, 2.75) is 38.2 Å². The van der Waals surface area contributed by atoms with Gasteiger partial charge in [-0.15, -0.1) is 0 Å². The Kier molecular flexibility index (Phi) is 6.51. The number of aliphatic hydroxyl groups is 1. The number of hydrogen-bond donors (Lipinski definition) is 1. The quantitative estimate of drug-likeness (QED) is 0.713. The van der Waals surface area contributed by atoms with E-state index in [1.54, 1.807) is 6.08 Å². The molecule has 0 aromatic heterocycles. The Morgan fingerprint density at radius 1 is 1.11 bits per heavy atom. The van der Waals surface area contributed by atoms with Gasteiger partial charge in [0, 0.05) is 19.8 Å². The van der Waals surface area contributed by atoms with Crippen molar-refractivity contribution in [1.29, 1.82) is 0 Å². The first-order valence-corrected chi connectivity index (χ1v) is 10.1. The Balaban J connectivity index is 1.79. The number of allylic oxidation sites excluding steroid dienone is 2. The van der Waals surface area contributed by atoms with Crippen molar-refractivity contribution < 1.29 is 9.90 Å². The lowest BCUT2D eigenvalue weighted by Crippen LogP contribution is -2.38. The molecule has 1 saturated heterocycles. The molecule has 1 aromatic rings. The molecule has 2 unspecified atom stereocenters. The van der Waals surface area contributed by atoms with Crippen LogP contribution in [-0.4, -0.2) is 54.4 Å². The second-order valence-electron chi connectivity index (χ2n) is 8.02. The zero-order valence-electron chi connectivity index (χ0n) is 16.6. The average molecular weight is 369 g/mol. The lowest BCUT2D eigenvalue weighted by atomic mass is 9.69. The lowest BCUT2D eigenvalue weighted by molar-refractivity contribution is -0.128. The predicted octanol–water partition coefficient (Wildman–Crippen LogP) is 3.56. The number of benzene rings is 1. The summed E-state index contributed by atoms with van der Waals surface area (Å²) in [6.07, 6.45) is 9.90. The minimum atomic E-state index is -0.888. The number of nitrogens with zero attached hydrogens (tertiary/aromatic N) is 2. The van der Waals surface area contributed by atoms with Crippen LogP contribution in [0.2, 0.25) is 0 Å². The van der Waals surface area contributed by atoms with E-state index in [2.05, 4.69) is 4.90 Å². The van der Waals surface area contributed by atoms with Crippen LogP contribution in [0, 0.1) is 5.41 Å². The number of unbranched alkanes of at least 4 members (excludes halogenated alkanes) is 1. The zero-order chi connectivity index (χ0) is 19.3. The first kappa shape index (κ1) is 19.8. The Labute approximate surface area is 163 Å². The Bertz CT molecular complexity index is 690. The van der Waals surface area contributed by atoms with Crippen LogP contribution in [0.25, 0.3) is 0 Å². The largest absolute Gasteiger partial charge is 0.387 e. The highest BCUT2D eigenvalue weighted by Gasteiger charge is 2.44. The van der Waals surface area contributed by atoms with E-state index < -0.39 is 11.5 Å². The third-order valence-electron chi connectivity index (χ3n) is 5.90. The third kappa shape index (κ3) is 4.50. The summed E-state index contributed by atoms with van der Waals surface area (Å²) in [6, 6.07) is 9.58. The molecule has 0 saturated carbocycles. The van der Waals surface area contributed by atoms with E-state index in [0.717, 1.165) is 30.6 Å². The molecule has 4 nitrogen and oxygen atoms in total. The van der Waals surface area contributed by atoms with Crippen molar-refractivity contribution in [3.05, 3.63) is 59.8 Å². The Morgan fingerprint density at radius 3 is 2.48 bits per heavy atom. The number of carbonyl (C=O) groups excluding carboxylic acids is 1. The first-order chi connectivity index (χ1) is 13.0. The number of hydrogen-bond acceptors (Lipinski definition) is 4. The van der Waals surface area contributed by atoms with E-state index >= 15 is 0 Å². The molecular formula is C23H32N2O2. The van der Waals surface area contributed by atoms with E-state index in [4.69, 9.17) is 0 Å². The molecule has 0 bridgehead atoms. The number of likely N-dealkylation sites (tertiary alicyclic amines) is 1. The summed E-state index contributed by atoms with van der Waals surface area (Å²) in [5, 5.41) is 11.2. The van der Waals surface area contributed by atoms with Gasteiger partial charge < -0.3 is 14.9 Å². The van der Waals surface area contributed by atoms with Crippen molar-refractivity contribution >= 4 is 5.78 Å². The maximum atomic E-state index is 13.0. The molecule has 1 aromatic carbocycles. The summed E-state index contributed by atoms with van der Waals surface area (Å²) in [5.41, 5.74) is 0.889. The van der Waals surface area contributed by atoms with Gasteiger partial charge in [-0.3, -0.25) is 4.79 Å². The van der Waals surface area contributed by atoms with Gasteiger partial charge in [0.2, 0.25) is 0 Å². The van der Waals surface area contributed by atoms with Gasteiger partial charge in [0.25, 0.3) is 0 Å². The van der Waals surface area contributed by atoms with Crippen LogP contribution in [0.1, 0.15) is 43.8 Å². The molecule has 2 aliphatic rings. The van der Waals surface area contributed by atoms with Crippen LogP contribution < -0.4 is 0 Å². The van der Waals surface area contributed by atoms with Gasteiger partial charge in [0.15, 0.2) is 5.78 Å². The summed E-state index contributed by atoms with van der Waals surface area (Å²) in [4.78, 5) is 17.5. The third-order valence-corrected chi connectivity index (χ3v) is 5.90. The molecule has 1 aliphatic heterocycles. The molecule has 1 N–H and O–H groups in total. The highest BCUT2D eigenvalue weighted by molar-refractivity contribution is 5.98. The number of rotatable bonds is 8. The van der Waals surface area contributed by atoms with Gasteiger partial charge >= 0.3 is 0 Å². The van der Waals surface area contributed by atoms with Gasteiger partial charge in [-0.1, -0.05) is 36.8 Å². The summed E-state index contributed by atoms with van der Waals surface area (Å²) < 4.78 is 0. The van der Waals surface area contributed by atoms with E-state index in [1.807, 2.05) is 61.5 Å². The highest BCUT2D eigenvalue weighted by Crippen LogP contribution is 2.44. The number of carbonyl (C=O) groups is 1. The van der Waals surface area contributed by atoms with Crippen LogP contribution in [0.3, 0.4) is 0 Å². The van der Waals surface area contributed by atoms with Crippen LogP contribution >= 0.6 is 0 Å². The van der Waals surface area contributed by atoms with Crippen LogP contribution in [0.5, 0.6) is 0 Å². The maximum Gasteiger partial charge on any atom is 0.168 e. The van der Waals surface area contributed by atoms with Crippen molar-refractivity contribution in [1.82, 2.24) is 9.80 Å². The minimum absolute atomic E-state index is 0.00521. The molecular weight excluding hydrogens is 336 g/mol. The summed E-state index contributed by atoms with van der Waals surface area (Å²) in [5.74, 6) is 0.00521. The molecule has 1 heterocycles. The fraction of sp³-hybridized carbons (Fsp3) is 0.522. The fourth-order valence-corrected chi connectivity index (χ4v) is 4.22. The minimum Gasteiger partial charge on any atom is -0.387 e. The van der Waals surface area contributed by atoms with Gasteiger partial charge in [0.1, 0.15) is 0 Å². The molecule has 2 atom stereocenters. The van der Waals surface area contributed by atoms with E-state index in [9.17, 15) is 9.90 Å². The summed E-state index contributed by atoms with van der Waals surface area (Å²) in [6.45, 7) is 3.49. The average Bonchev–Trinajstić information content (AvgIpc) is 3.20. The van der Waals surface area contributed by atoms with Gasteiger partial charge in [-0.25, -0.2) is 0 Å². The van der Waals surface area contributed by atoms with Gasteiger partial charge in [0.05, 0.1) is 11.5 Å². The van der Waals surface area contributed by atoms with Gasteiger partial charge in [-0.05, 0) is 69.1 Å². The fourth-order valence-electron chi connectivity index (χ4n) is 4.22. The molecule has 3 rings (SSSR count). The SMILES string of the molecule is CN(C)C1=CC(CCCCN2CCCC2)(C(O)c2ccccc2)C(=O)C=C1. The Hall–Kier alpha value is -1.91. The Morgan fingerprint density at radius 2 is 1.81 bits per heavy atom. The number of aliphatic hydroxyl groups excluding tert-OH is 1. The standard InChI is InChI=1S/C23H32N2O2/c1-24(2)20-12-13-21(26)23(18-20,22(27)19-10-4-3-5-11-19)14-6-7-15-25-16-8-9-17-25/h3-5,10-13,18,22,27H,6-9,14-17H2,1-2H3. The van der Waals surface area contributed by atoms with Crippen LogP contribution in [0.15, 0.2) is 54.3 Å². The molecule has 0 amide bonds. The van der Waals surface area contributed by atoms with Crippen molar-refractivity contribution in [3.63, 3.8) is 0 Å². The molecule has 0 spiro atoms. The second kappa shape index (κ2) is 8.85. The van der Waals surface area contributed by atoms with Gasteiger partial charge in [-0.2, -0.15) is 0 Å². The second-order valence-corrected chi connectivity index (χ2v) is 8.02. The number of likely N-dealkylation sites (N-methyl/N-ethyl adjacent to an activating group) is 1. The van der Waals surface area contributed by atoms with Crippen LogP contribution in [-0.2, 0) is 4.79 Å². The van der Waals surface area contributed by atoms with Crippen LogP contribution in [0.4, 0.5) is 0 Å². The van der Waals surface area contributed by atoms with Crippen molar-refractivity contribution in [3.8, 4) is 0 Å². The molecule has 4 heteroatoms. The van der Waals surface area contributed by atoms with E-state index in [-0.39, 0.29) is 5.78 Å². The lowest BCUT2D eigenvalue weighted by Gasteiger charge is -2.37. The van der Waals surface area contributed by atoms with Crippen molar-refractivity contribution in [2.24, 2.45) is 5.41 Å². The summed E-state index contributed by atoms with van der Waals surface area (Å²) in [7, 11) is 3.94. The molecule has 146 valence electrons. The topological polar surface area (TPSA) is 43.8 Å². The monoisotopic (exact) mass is 368 g/mol.